The van der Waals surface area contributed by atoms with E-state index in [1.54, 1.807) is 24.3 Å². The minimum absolute atomic E-state index is 0.0119. The van der Waals surface area contributed by atoms with Crippen molar-refractivity contribution in [3.8, 4) is 17.2 Å². The van der Waals surface area contributed by atoms with Crippen LogP contribution in [0.4, 0.5) is 4.39 Å². The van der Waals surface area contributed by atoms with Crippen molar-refractivity contribution in [2.24, 2.45) is 0 Å². The average Bonchev–Trinajstić information content (AvgIpc) is 2.39. The van der Waals surface area contributed by atoms with E-state index >= 15 is 0 Å². The van der Waals surface area contributed by atoms with Gasteiger partial charge in [-0.1, -0.05) is 30.3 Å². The molecule has 0 saturated heterocycles. The first kappa shape index (κ1) is 11.3. The first-order chi connectivity index (χ1) is 8.24. The standard InChI is InChI=1S/C14H10FNO/c15-14-7-12(5-6-13(14)8-16)11-3-1-10(9-17)2-4-11/h1-7,17H,9H2. The molecule has 0 aliphatic carbocycles. The molecule has 0 atom stereocenters. The Bertz CT molecular complexity index is 570. The van der Waals surface area contributed by atoms with Gasteiger partial charge >= 0.3 is 0 Å². The lowest BCUT2D eigenvalue weighted by molar-refractivity contribution is 0.282. The maximum Gasteiger partial charge on any atom is 0.141 e. The van der Waals surface area contributed by atoms with Gasteiger partial charge in [0.2, 0.25) is 0 Å². The Hall–Kier alpha value is -2.18. The fourth-order valence-corrected chi connectivity index (χ4v) is 1.59. The van der Waals surface area contributed by atoms with Crippen molar-refractivity contribution in [2.75, 3.05) is 0 Å². The van der Waals surface area contributed by atoms with E-state index in [1.807, 2.05) is 12.1 Å². The van der Waals surface area contributed by atoms with Gasteiger partial charge in [0, 0.05) is 0 Å². The molecule has 2 aromatic rings. The zero-order chi connectivity index (χ0) is 12.3. The fraction of sp³-hybridized carbons (Fsp3) is 0.0714. The van der Waals surface area contributed by atoms with E-state index in [0.29, 0.717) is 5.56 Å². The number of nitrogens with zero attached hydrogens (tertiary/aromatic N) is 1. The molecule has 0 spiro atoms. The van der Waals surface area contributed by atoms with Crippen LogP contribution in [0.25, 0.3) is 11.1 Å². The third-order valence-electron chi connectivity index (χ3n) is 2.56. The third-order valence-corrected chi connectivity index (χ3v) is 2.56. The number of halogens is 1. The number of benzene rings is 2. The van der Waals surface area contributed by atoms with E-state index in [9.17, 15) is 4.39 Å². The average molecular weight is 227 g/mol. The van der Waals surface area contributed by atoms with E-state index in [-0.39, 0.29) is 12.2 Å². The highest BCUT2D eigenvalue weighted by atomic mass is 19.1. The molecule has 0 aromatic heterocycles. The second-order valence-electron chi connectivity index (χ2n) is 3.66. The molecule has 0 saturated carbocycles. The zero-order valence-corrected chi connectivity index (χ0v) is 9.02. The smallest absolute Gasteiger partial charge is 0.141 e. The predicted molar refractivity (Wildman–Crippen MR) is 62.5 cm³/mol. The van der Waals surface area contributed by atoms with Crippen LogP contribution in [0, 0.1) is 17.1 Å². The van der Waals surface area contributed by atoms with Crippen molar-refractivity contribution in [1.29, 1.82) is 5.26 Å². The molecule has 0 heterocycles. The highest BCUT2D eigenvalue weighted by Crippen LogP contribution is 2.22. The van der Waals surface area contributed by atoms with Crippen LogP contribution < -0.4 is 0 Å². The Balaban J connectivity index is 2.40. The summed E-state index contributed by atoms with van der Waals surface area (Å²) in [6.45, 7) is -0.0119. The van der Waals surface area contributed by atoms with Crippen LogP contribution >= 0.6 is 0 Å². The summed E-state index contributed by atoms with van der Waals surface area (Å²) in [4.78, 5) is 0. The van der Waals surface area contributed by atoms with Crippen LogP contribution in [0.5, 0.6) is 0 Å². The predicted octanol–water partition coefficient (Wildman–Crippen LogP) is 2.86. The van der Waals surface area contributed by atoms with Crippen LogP contribution in [0.1, 0.15) is 11.1 Å². The van der Waals surface area contributed by atoms with Crippen molar-refractivity contribution < 1.29 is 9.50 Å². The van der Waals surface area contributed by atoms with Crippen molar-refractivity contribution in [3.63, 3.8) is 0 Å². The number of rotatable bonds is 2. The number of nitriles is 1. The number of aliphatic hydroxyl groups is 1. The molecule has 0 radical (unpaired) electrons. The summed E-state index contributed by atoms with van der Waals surface area (Å²) >= 11 is 0. The van der Waals surface area contributed by atoms with Gasteiger partial charge in [-0.25, -0.2) is 4.39 Å². The van der Waals surface area contributed by atoms with Gasteiger partial charge in [-0.05, 0) is 28.8 Å². The summed E-state index contributed by atoms with van der Waals surface area (Å²) in [5, 5.41) is 17.5. The highest BCUT2D eigenvalue weighted by Gasteiger charge is 2.04. The summed E-state index contributed by atoms with van der Waals surface area (Å²) in [5.74, 6) is -0.517. The minimum Gasteiger partial charge on any atom is -0.392 e. The molecule has 2 aromatic carbocycles. The Labute approximate surface area is 98.6 Å². The molecule has 0 unspecified atom stereocenters. The van der Waals surface area contributed by atoms with Crippen LogP contribution in [0.15, 0.2) is 42.5 Å². The Kier molecular flexibility index (Phi) is 3.17. The second-order valence-corrected chi connectivity index (χ2v) is 3.66. The molecule has 2 rings (SSSR count). The van der Waals surface area contributed by atoms with Crippen molar-refractivity contribution >= 4 is 0 Å². The summed E-state index contributed by atoms with van der Waals surface area (Å²) in [6.07, 6.45) is 0. The highest BCUT2D eigenvalue weighted by molar-refractivity contribution is 5.64. The second kappa shape index (κ2) is 4.77. The summed E-state index contributed by atoms with van der Waals surface area (Å²) in [7, 11) is 0. The zero-order valence-electron chi connectivity index (χ0n) is 9.02. The number of hydrogen-bond acceptors (Lipinski definition) is 2. The first-order valence-corrected chi connectivity index (χ1v) is 5.14. The maximum absolute atomic E-state index is 13.4. The molecule has 0 amide bonds. The van der Waals surface area contributed by atoms with Crippen LogP contribution in [-0.4, -0.2) is 5.11 Å². The van der Waals surface area contributed by atoms with Crippen molar-refractivity contribution in [2.45, 2.75) is 6.61 Å². The van der Waals surface area contributed by atoms with Gasteiger partial charge in [-0.2, -0.15) is 5.26 Å². The summed E-state index contributed by atoms with van der Waals surface area (Å²) in [6, 6.07) is 13.5. The van der Waals surface area contributed by atoms with Gasteiger partial charge < -0.3 is 5.11 Å². The van der Waals surface area contributed by atoms with Crippen molar-refractivity contribution in [1.82, 2.24) is 0 Å². The van der Waals surface area contributed by atoms with E-state index < -0.39 is 5.82 Å². The van der Waals surface area contributed by atoms with Crippen LogP contribution in [0.3, 0.4) is 0 Å². The van der Waals surface area contributed by atoms with E-state index in [4.69, 9.17) is 10.4 Å². The molecule has 1 N–H and O–H groups in total. The van der Waals surface area contributed by atoms with Gasteiger partial charge in [0.15, 0.2) is 0 Å². The molecule has 3 heteroatoms. The molecule has 0 bridgehead atoms. The molecule has 17 heavy (non-hydrogen) atoms. The van der Waals surface area contributed by atoms with Gasteiger partial charge in [0.1, 0.15) is 11.9 Å². The lowest BCUT2D eigenvalue weighted by Crippen LogP contribution is -1.87. The quantitative estimate of drug-likeness (QED) is 0.857. The lowest BCUT2D eigenvalue weighted by atomic mass is 10.0. The van der Waals surface area contributed by atoms with Crippen LogP contribution in [-0.2, 0) is 6.61 Å². The fourth-order valence-electron chi connectivity index (χ4n) is 1.59. The molecule has 84 valence electrons. The lowest BCUT2D eigenvalue weighted by Gasteiger charge is -2.03. The third kappa shape index (κ3) is 2.32. The van der Waals surface area contributed by atoms with E-state index in [0.717, 1.165) is 11.1 Å². The maximum atomic E-state index is 13.4. The molecule has 2 nitrogen and oxygen atoms in total. The van der Waals surface area contributed by atoms with E-state index in [2.05, 4.69) is 0 Å². The monoisotopic (exact) mass is 227 g/mol. The normalized spacial score (nSPS) is 9.94. The molecular weight excluding hydrogens is 217 g/mol. The molecule has 0 aliphatic rings. The van der Waals surface area contributed by atoms with Crippen LogP contribution in [0.2, 0.25) is 0 Å². The molecule has 0 aliphatic heterocycles. The van der Waals surface area contributed by atoms with Gasteiger partial charge in [0.05, 0.1) is 12.2 Å². The van der Waals surface area contributed by atoms with Crippen molar-refractivity contribution in [3.05, 3.63) is 59.4 Å². The molecular formula is C14H10FNO. The summed E-state index contributed by atoms with van der Waals surface area (Å²) < 4.78 is 13.4. The topological polar surface area (TPSA) is 44.0 Å². The number of hydrogen-bond donors (Lipinski definition) is 1. The number of aliphatic hydroxyl groups excluding tert-OH is 1. The largest absolute Gasteiger partial charge is 0.392 e. The Morgan fingerprint density at radius 1 is 1.06 bits per heavy atom. The van der Waals surface area contributed by atoms with Gasteiger partial charge in [-0.3, -0.25) is 0 Å². The minimum atomic E-state index is -0.517. The SMILES string of the molecule is N#Cc1ccc(-c2ccc(CO)cc2)cc1F. The van der Waals surface area contributed by atoms with Gasteiger partial charge in [0.25, 0.3) is 0 Å². The van der Waals surface area contributed by atoms with Gasteiger partial charge in [-0.15, -0.1) is 0 Å². The first-order valence-electron chi connectivity index (χ1n) is 5.14. The molecule has 0 fully saturated rings. The summed E-state index contributed by atoms with van der Waals surface area (Å²) in [5.41, 5.74) is 2.42. The van der Waals surface area contributed by atoms with E-state index in [1.165, 1.54) is 12.1 Å². The Morgan fingerprint density at radius 2 is 1.71 bits per heavy atom. The Morgan fingerprint density at radius 3 is 2.24 bits per heavy atom.